The smallest absolute Gasteiger partial charge is 0.262 e. The Morgan fingerprint density at radius 2 is 1.78 bits per heavy atom. The quantitative estimate of drug-likeness (QED) is 0.370. The molecule has 2 rings (SSSR count). The highest BCUT2D eigenvalue weighted by Crippen LogP contribution is 2.34. The van der Waals surface area contributed by atoms with E-state index in [-0.39, 0.29) is 16.3 Å². The fourth-order valence-corrected chi connectivity index (χ4v) is 4.64. The first-order chi connectivity index (χ1) is 15.0. The minimum atomic E-state index is -3.86. The van der Waals surface area contributed by atoms with Crippen molar-refractivity contribution in [3.05, 3.63) is 70.6 Å². The summed E-state index contributed by atoms with van der Waals surface area (Å²) in [6.45, 7) is 17.3. The number of aryl methyl sites for hydroxylation is 1. The van der Waals surface area contributed by atoms with Gasteiger partial charge in [0.15, 0.2) is 0 Å². The van der Waals surface area contributed by atoms with Crippen LogP contribution in [0, 0.1) is 6.92 Å². The van der Waals surface area contributed by atoms with E-state index in [2.05, 4.69) is 29.7 Å². The monoisotopic (exact) mass is 496 g/mol. The van der Waals surface area contributed by atoms with Crippen LogP contribution in [0.4, 0.5) is 5.69 Å². The molecule has 8 heteroatoms. The first-order valence-corrected chi connectivity index (χ1v) is 13.1. The SMILES string of the molecule is C=C(Cl)SC(=C)c1ccc(S(=O)(=O)Nc2cc(C)c(CCN(C)CC)cc2O)cc1.CC. The van der Waals surface area contributed by atoms with Crippen LogP contribution < -0.4 is 4.72 Å². The van der Waals surface area contributed by atoms with Crippen molar-refractivity contribution >= 4 is 44.0 Å². The van der Waals surface area contributed by atoms with Gasteiger partial charge in [0.05, 0.1) is 14.9 Å². The topological polar surface area (TPSA) is 69.6 Å². The molecule has 0 aromatic heterocycles. The Balaban J connectivity index is 0.00000249. The Labute approximate surface area is 202 Å². The van der Waals surface area contributed by atoms with Gasteiger partial charge in [-0.3, -0.25) is 4.72 Å². The number of phenols is 1. The van der Waals surface area contributed by atoms with Gasteiger partial charge >= 0.3 is 0 Å². The molecular weight excluding hydrogens is 464 g/mol. The zero-order valence-corrected chi connectivity index (χ0v) is 21.8. The number of thioether (sulfide) groups is 1. The fraction of sp³-hybridized carbons (Fsp3) is 0.333. The van der Waals surface area contributed by atoms with Crippen LogP contribution in [-0.4, -0.2) is 38.6 Å². The first kappa shape index (κ1) is 28.1. The molecule has 5 nitrogen and oxygen atoms in total. The number of anilines is 1. The van der Waals surface area contributed by atoms with E-state index >= 15 is 0 Å². The molecule has 0 unspecified atom stereocenters. The summed E-state index contributed by atoms with van der Waals surface area (Å²) < 4.78 is 28.4. The molecule has 0 aliphatic heterocycles. The normalized spacial score (nSPS) is 11.0. The third kappa shape index (κ3) is 8.20. The maximum atomic E-state index is 12.8. The highest BCUT2D eigenvalue weighted by atomic mass is 35.5. The summed E-state index contributed by atoms with van der Waals surface area (Å²) in [4.78, 5) is 2.93. The van der Waals surface area contributed by atoms with E-state index in [9.17, 15) is 13.5 Å². The van der Waals surface area contributed by atoms with Crippen molar-refractivity contribution in [1.82, 2.24) is 4.90 Å². The third-order valence-corrected chi connectivity index (χ3v) is 7.04. The van der Waals surface area contributed by atoms with Crippen molar-refractivity contribution in [2.24, 2.45) is 0 Å². The predicted octanol–water partition coefficient (Wildman–Crippen LogP) is 6.44. The van der Waals surface area contributed by atoms with Gasteiger partial charge in [-0.05, 0) is 67.9 Å². The minimum Gasteiger partial charge on any atom is -0.506 e. The number of hydrogen-bond acceptors (Lipinski definition) is 5. The first-order valence-electron chi connectivity index (χ1n) is 10.4. The minimum absolute atomic E-state index is 0.0828. The van der Waals surface area contributed by atoms with Gasteiger partial charge in [0.1, 0.15) is 5.75 Å². The molecular formula is C24H33ClN2O3S2. The molecule has 2 aromatic carbocycles. The summed E-state index contributed by atoms with van der Waals surface area (Å²) in [5.41, 5.74) is 2.81. The maximum Gasteiger partial charge on any atom is 0.262 e. The van der Waals surface area contributed by atoms with Gasteiger partial charge in [-0.15, -0.1) is 0 Å². The molecule has 176 valence electrons. The number of phenolic OH excluding ortho intramolecular Hbond substituents is 1. The zero-order chi connectivity index (χ0) is 24.5. The van der Waals surface area contributed by atoms with Gasteiger partial charge in [0.2, 0.25) is 0 Å². The van der Waals surface area contributed by atoms with Crippen LogP contribution in [0.3, 0.4) is 0 Å². The highest BCUT2D eigenvalue weighted by molar-refractivity contribution is 8.13. The van der Waals surface area contributed by atoms with E-state index in [1.54, 1.807) is 24.3 Å². The zero-order valence-electron chi connectivity index (χ0n) is 19.4. The molecule has 0 aliphatic rings. The molecule has 0 saturated carbocycles. The molecule has 32 heavy (non-hydrogen) atoms. The standard InChI is InChI=1S/C22H27ClN2O3S2.C2H6/c1-6-25(5)12-11-19-14-22(26)21(13-15(19)2)24-30(27,28)20-9-7-18(8-10-20)16(3)29-17(4)23;1-2/h7-10,13-14,24,26H,3-4,6,11-12H2,1-2,5H3;1-2H3. The molecule has 0 atom stereocenters. The summed E-state index contributed by atoms with van der Waals surface area (Å²) in [6.07, 6.45) is 0.773. The number of rotatable bonds is 10. The number of nitrogens with one attached hydrogen (secondary N) is 1. The van der Waals surface area contributed by atoms with Crippen molar-refractivity contribution in [3.63, 3.8) is 0 Å². The summed E-state index contributed by atoms with van der Waals surface area (Å²) in [7, 11) is -1.83. The van der Waals surface area contributed by atoms with Gasteiger partial charge in [0.25, 0.3) is 10.0 Å². The number of nitrogens with zero attached hydrogens (tertiary/aromatic N) is 1. The Kier molecular flexibility index (Phi) is 11.4. The fourth-order valence-electron chi connectivity index (χ4n) is 2.78. The predicted molar refractivity (Wildman–Crippen MR) is 140 cm³/mol. The lowest BCUT2D eigenvalue weighted by molar-refractivity contribution is 0.357. The van der Waals surface area contributed by atoms with Crippen LogP contribution in [0.5, 0.6) is 5.75 Å². The van der Waals surface area contributed by atoms with E-state index in [4.69, 9.17) is 11.6 Å². The largest absolute Gasteiger partial charge is 0.506 e. The number of likely N-dealkylation sites (N-methyl/N-ethyl adjacent to an activating group) is 1. The Morgan fingerprint density at radius 1 is 1.19 bits per heavy atom. The van der Waals surface area contributed by atoms with Gasteiger partial charge < -0.3 is 10.0 Å². The number of hydrogen-bond donors (Lipinski definition) is 2. The second kappa shape index (κ2) is 12.9. The molecule has 2 N–H and O–H groups in total. The van der Waals surface area contributed by atoms with Crippen molar-refractivity contribution in [2.45, 2.75) is 39.0 Å². The highest BCUT2D eigenvalue weighted by Gasteiger charge is 2.18. The number of sulfonamides is 1. The van der Waals surface area contributed by atoms with Gasteiger partial charge in [-0.2, -0.15) is 0 Å². The van der Waals surface area contributed by atoms with E-state index in [1.165, 1.54) is 23.9 Å². The molecule has 0 spiro atoms. The van der Waals surface area contributed by atoms with Gasteiger partial charge in [-0.25, -0.2) is 8.42 Å². The van der Waals surface area contributed by atoms with Crippen LogP contribution >= 0.6 is 23.4 Å². The van der Waals surface area contributed by atoms with Crippen LogP contribution in [0.15, 0.2) is 58.8 Å². The van der Waals surface area contributed by atoms with Crippen LogP contribution in [0.25, 0.3) is 4.91 Å². The van der Waals surface area contributed by atoms with E-state index < -0.39 is 10.0 Å². The molecule has 0 heterocycles. The average molecular weight is 497 g/mol. The molecule has 0 radical (unpaired) electrons. The van der Waals surface area contributed by atoms with Crippen LogP contribution in [-0.2, 0) is 16.4 Å². The van der Waals surface area contributed by atoms with E-state index in [1.807, 2.05) is 27.8 Å². The van der Waals surface area contributed by atoms with Gasteiger partial charge in [-0.1, -0.05) is 69.4 Å². The number of benzene rings is 2. The summed E-state index contributed by atoms with van der Waals surface area (Å²) in [5.74, 6) is -0.0969. The van der Waals surface area contributed by atoms with Gasteiger partial charge in [0, 0.05) is 11.4 Å². The second-order valence-corrected chi connectivity index (χ2v) is 10.5. The lowest BCUT2D eigenvalue weighted by Crippen LogP contribution is -2.20. The number of aromatic hydroxyl groups is 1. The molecule has 0 saturated heterocycles. The molecule has 0 aliphatic carbocycles. The summed E-state index contributed by atoms with van der Waals surface area (Å²) in [5, 5.41) is 10.4. The average Bonchev–Trinajstić information content (AvgIpc) is 2.75. The summed E-state index contributed by atoms with van der Waals surface area (Å²) >= 11 is 6.98. The Morgan fingerprint density at radius 3 is 2.31 bits per heavy atom. The lowest BCUT2D eigenvalue weighted by Gasteiger charge is -2.16. The molecule has 0 bridgehead atoms. The maximum absolute atomic E-state index is 12.8. The van der Waals surface area contributed by atoms with Crippen LogP contribution in [0.1, 0.15) is 37.5 Å². The second-order valence-electron chi connectivity index (χ2n) is 6.95. The Hall–Kier alpha value is -1.93. The third-order valence-electron chi connectivity index (χ3n) is 4.72. The van der Waals surface area contributed by atoms with Crippen molar-refractivity contribution in [3.8, 4) is 5.75 Å². The molecule has 2 aromatic rings. The summed E-state index contributed by atoms with van der Waals surface area (Å²) in [6, 6.07) is 9.57. The van der Waals surface area contributed by atoms with Crippen molar-refractivity contribution < 1.29 is 13.5 Å². The van der Waals surface area contributed by atoms with Crippen LogP contribution in [0.2, 0.25) is 0 Å². The number of halogens is 1. The van der Waals surface area contributed by atoms with Crippen molar-refractivity contribution in [1.29, 1.82) is 0 Å². The molecule has 0 amide bonds. The Bertz CT molecular complexity index is 1040. The molecule has 0 fully saturated rings. The van der Waals surface area contributed by atoms with Crippen molar-refractivity contribution in [2.75, 3.05) is 24.9 Å². The van der Waals surface area contributed by atoms with E-state index in [0.717, 1.165) is 36.2 Å². The lowest BCUT2D eigenvalue weighted by atomic mass is 10.0. The van der Waals surface area contributed by atoms with E-state index in [0.29, 0.717) is 9.27 Å².